The molecule has 3 aromatic carbocycles. The topological polar surface area (TPSA) is 88.1 Å². The van der Waals surface area contributed by atoms with Gasteiger partial charge in [-0.1, -0.05) is 48.2 Å². The molecule has 0 saturated carbocycles. The molecular formula is C22H20N2O5S2. The Kier molecular flexibility index (Phi) is 6.88. The lowest BCUT2D eigenvalue weighted by molar-refractivity contribution is -0.116. The van der Waals surface area contributed by atoms with Gasteiger partial charge in [0.2, 0.25) is 24.0 Å². The molecule has 1 unspecified atom stereocenters. The van der Waals surface area contributed by atoms with Gasteiger partial charge in [-0.2, -0.15) is 4.31 Å². The van der Waals surface area contributed by atoms with E-state index in [0.29, 0.717) is 17.2 Å². The Bertz CT molecular complexity index is 1090. The SMILES string of the molecule is O=C(CN(Cc1ccc2c(c1)OCO2)S(=O)O)Nc1ccccc1Sc1ccccc1. The van der Waals surface area contributed by atoms with Crippen molar-refractivity contribution >= 4 is 34.6 Å². The Morgan fingerprint density at radius 3 is 2.58 bits per heavy atom. The van der Waals surface area contributed by atoms with Crippen molar-refractivity contribution in [2.75, 3.05) is 18.7 Å². The number of anilines is 1. The molecule has 1 atom stereocenters. The zero-order valence-electron chi connectivity index (χ0n) is 16.4. The van der Waals surface area contributed by atoms with Crippen molar-refractivity contribution in [2.24, 2.45) is 0 Å². The average Bonchev–Trinajstić information content (AvgIpc) is 3.23. The molecule has 0 radical (unpaired) electrons. The number of carbonyl (C=O) groups excluding carboxylic acids is 1. The lowest BCUT2D eigenvalue weighted by atomic mass is 10.2. The number of ether oxygens (including phenoxy) is 2. The molecule has 1 aliphatic rings. The van der Waals surface area contributed by atoms with Crippen LogP contribution in [0.1, 0.15) is 5.56 Å². The Balaban J connectivity index is 1.42. The van der Waals surface area contributed by atoms with Gasteiger partial charge in [0, 0.05) is 16.3 Å². The van der Waals surface area contributed by atoms with Gasteiger partial charge in [-0.05, 0) is 42.0 Å². The number of fused-ring (bicyclic) bond motifs is 1. The van der Waals surface area contributed by atoms with Gasteiger partial charge in [-0.3, -0.25) is 9.35 Å². The fraction of sp³-hybridized carbons (Fsp3) is 0.136. The fourth-order valence-corrected chi connectivity index (χ4v) is 4.44. The van der Waals surface area contributed by atoms with Crippen molar-refractivity contribution in [1.29, 1.82) is 0 Å². The molecular weight excluding hydrogens is 436 g/mol. The maximum absolute atomic E-state index is 12.7. The lowest BCUT2D eigenvalue weighted by Gasteiger charge is -2.18. The van der Waals surface area contributed by atoms with Gasteiger partial charge < -0.3 is 14.8 Å². The van der Waals surface area contributed by atoms with Gasteiger partial charge in [0.15, 0.2) is 11.5 Å². The van der Waals surface area contributed by atoms with E-state index in [9.17, 15) is 13.6 Å². The number of benzene rings is 3. The van der Waals surface area contributed by atoms with Gasteiger partial charge in [-0.25, -0.2) is 4.21 Å². The zero-order valence-corrected chi connectivity index (χ0v) is 18.0. The second-order valence-electron chi connectivity index (χ2n) is 6.68. The average molecular weight is 457 g/mol. The number of hydrogen-bond acceptors (Lipinski definition) is 5. The van der Waals surface area contributed by atoms with Gasteiger partial charge in [0.25, 0.3) is 0 Å². The number of rotatable bonds is 8. The number of nitrogens with one attached hydrogen (secondary N) is 1. The summed E-state index contributed by atoms with van der Waals surface area (Å²) in [6.45, 7) is 0.00666. The van der Waals surface area contributed by atoms with Crippen LogP contribution in [0.25, 0.3) is 0 Å². The first-order chi connectivity index (χ1) is 15.1. The summed E-state index contributed by atoms with van der Waals surface area (Å²) in [4.78, 5) is 14.6. The number of para-hydroxylation sites is 1. The third-order valence-corrected chi connectivity index (χ3v) is 6.25. The maximum Gasteiger partial charge on any atom is 0.239 e. The fourth-order valence-electron chi connectivity index (χ4n) is 3.03. The van der Waals surface area contributed by atoms with E-state index in [1.54, 1.807) is 24.3 Å². The Morgan fingerprint density at radius 1 is 1.03 bits per heavy atom. The van der Waals surface area contributed by atoms with Crippen molar-refractivity contribution in [3.05, 3.63) is 78.4 Å². The molecule has 0 spiro atoms. The Labute approximate surface area is 186 Å². The number of hydrogen-bond donors (Lipinski definition) is 2. The van der Waals surface area contributed by atoms with Crippen LogP contribution in [0.4, 0.5) is 5.69 Å². The molecule has 0 aliphatic carbocycles. The predicted molar refractivity (Wildman–Crippen MR) is 119 cm³/mol. The highest BCUT2D eigenvalue weighted by Crippen LogP contribution is 2.34. The first-order valence-electron chi connectivity index (χ1n) is 9.45. The summed E-state index contributed by atoms with van der Waals surface area (Å²) in [5.74, 6) is 0.826. The van der Waals surface area contributed by atoms with E-state index in [1.165, 1.54) is 16.1 Å². The van der Waals surface area contributed by atoms with Gasteiger partial charge >= 0.3 is 0 Å². The minimum absolute atomic E-state index is 0.105. The highest BCUT2D eigenvalue weighted by molar-refractivity contribution is 7.99. The second-order valence-corrected chi connectivity index (χ2v) is 8.77. The number of nitrogens with zero attached hydrogens (tertiary/aromatic N) is 1. The first kappa shape index (κ1) is 21.4. The maximum atomic E-state index is 12.7. The minimum Gasteiger partial charge on any atom is -0.454 e. The van der Waals surface area contributed by atoms with Gasteiger partial charge in [-0.15, -0.1) is 0 Å². The van der Waals surface area contributed by atoms with Crippen molar-refractivity contribution in [1.82, 2.24) is 4.31 Å². The monoisotopic (exact) mass is 456 g/mol. The van der Waals surface area contributed by atoms with Crippen LogP contribution in [0, 0.1) is 0 Å². The van der Waals surface area contributed by atoms with E-state index in [0.717, 1.165) is 15.4 Å². The third-order valence-electron chi connectivity index (χ3n) is 4.47. The first-order valence-corrected chi connectivity index (χ1v) is 11.3. The molecule has 9 heteroatoms. The lowest BCUT2D eigenvalue weighted by Crippen LogP contribution is -2.34. The summed E-state index contributed by atoms with van der Waals surface area (Å²) in [7, 11) is 0. The highest BCUT2D eigenvalue weighted by Gasteiger charge is 2.20. The Morgan fingerprint density at radius 2 is 1.77 bits per heavy atom. The van der Waals surface area contributed by atoms with Crippen LogP contribution in [-0.4, -0.2) is 32.3 Å². The van der Waals surface area contributed by atoms with Crippen LogP contribution in [0.5, 0.6) is 11.5 Å². The van der Waals surface area contributed by atoms with E-state index in [4.69, 9.17) is 9.47 Å². The van der Waals surface area contributed by atoms with Crippen molar-refractivity contribution < 1.29 is 23.0 Å². The molecule has 31 heavy (non-hydrogen) atoms. The molecule has 0 saturated heterocycles. The summed E-state index contributed by atoms with van der Waals surface area (Å²) in [5, 5.41) is 2.85. The molecule has 3 aromatic rings. The molecule has 0 aromatic heterocycles. The summed E-state index contributed by atoms with van der Waals surface area (Å²) in [6, 6.07) is 22.6. The van der Waals surface area contributed by atoms with E-state index in [1.807, 2.05) is 48.5 Å². The van der Waals surface area contributed by atoms with Gasteiger partial charge in [0.05, 0.1) is 12.2 Å². The van der Waals surface area contributed by atoms with E-state index >= 15 is 0 Å². The summed E-state index contributed by atoms with van der Waals surface area (Å²) in [6.07, 6.45) is 0. The number of carbonyl (C=O) groups is 1. The van der Waals surface area contributed by atoms with Crippen molar-refractivity contribution in [2.45, 2.75) is 16.3 Å². The van der Waals surface area contributed by atoms with Crippen molar-refractivity contribution in [3.63, 3.8) is 0 Å². The standard InChI is InChI=1S/C22H20N2O5S2/c25-22(23-18-8-4-5-9-21(18)30-17-6-2-1-3-7-17)14-24(31(26)27)13-16-10-11-19-20(12-16)29-15-28-19/h1-12H,13-15H2,(H,23,25)(H,26,27). The van der Waals surface area contributed by atoms with Gasteiger partial charge in [0.1, 0.15) is 0 Å². The molecule has 4 rings (SSSR count). The molecule has 2 N–H and O–H groups in total. The van der Waals surface area contributed by atoms with Crippen LogP contribution in [0.2, 0.25) is 0 Å². The summed E-state index contributed by atoms with van der Waals surface area (Å²) < 4.78 is 33.3. The molecule has 7 nitrogen and oxygen atoms in total. The van der Waals surface area contributed by atoms with Crippen molar-refractivity contribution in [3.8, 4) is 11.5 Å². The Hall–Kier alpha value is -2.85. The molecule has 1 amide bonds. The van der Waals surface area contributed by atoms with Crippen LogP contribution < -0.4 is 14.8 Å². The highest BCUT2D eigenvalue weighted by atomic mass is 32.2. The summed E-state index contributed by atoms with van der Waals surface area (Å²) in [5.41, 5.74) is 1.38. The quantitative estimate of drug-likeness (QED) is 0.495. The largest absolute Gasteiger partial charge is 0.454 e. The van der Waals surface area contributed by atoms with Crippen LogP contribution >= 0.6 is 11.8 Å². The molecule has 160 valence electrons. The molecule has 1 aliphatic heterocycles. The molecule has 0 fully saturated rings. The zero-order chi connectivity index (χ0) is 21.6. The second kappa shape index (κ2) is 9.97. The predicted octanol–water partition coefficient (Wildman–Crippen LogP) is 4.14. The van der Waals surface area contributed by atoms with Crippen LogP contribution in [0.15, 0.2) is 82.6 Å². The summed E-state index contributed by atoms with van der Waals surface area (Å²) >= 11 is -0.790. The molecule has 0 bridgehead atoms. The third kappa shape index (κ3) is 5.65. The van der Waals surface area contributed by atoms with E-state index < -0.39 is 11.3 Å². The van der Waals surface area contributed by atoms with Crippen LogP contribution in [0.3, 0.4) is 0 Å². The van der Waals surface area contributed by atoms with E-state index in [-0.39, 0.29) is 25.8 Å². The van der Waals surface area contributed by atoms with E-state index in [2.05, 4.69) is 5.32 Å². The minimum atomic E-state index is -2.32. The normalized spacial score (nSPS) is 13.2. The molecule has 1 heterocycles. The smallest absolute Gasteiger partial charge is 0.239 e. The number of amides is 1. The van der Waals surface area contributed by atoms with Crippen LogP contribution in [-0.2, 0) is 22.6 Å².